The van der Waals surface area contributed by atoms with Crippen LogP contribution in [-0.4, -0.2) is 29.0 Å². The standard InChI is InChI=1S/C8H16O2S/c1-2-4-8(10)7-11-6-3-5-9/h9H,2-7H2,1H3. The lowest BCUT2D eigenvalue weighted by atomic mass is 10.3. The molecule has 1 N–H and O–H groups in total. The van der Waals surface area contributed by atoms with Gasteiger partial charge >= 0.3 is 0 Å². The summed E-state index contributed by atoms with van der Waals surface area (Å²) in [5.41, 5.74) is 0. The van der Waals surface area contributed by atoms with Crippen LogP contribution in [0.2, 0.25) is 0 Å². The van der Waals surface area contributed by atoms with Gasteiger partial charge in [0.1, 0.15) is 5.78 Å². The summed E-state index contributed by atoms with van der Waals surface area (Å²) in [5, 5.41) is 8.44. The Kier molecular flexibility index (Phi) is 8.07. The van der Waals surface area contributed by atoms with Crippen molar-refractivity contribution in [2.24, 2.45) is 0 Å². The zero-order valence-electron chi connectivity index (χ0n) is 7.01. The Hall–Kier alpha value is -0.0200. The first-order valence-electron chi connectivity index (χ1n) is 4.01. The molecule has 2 nitrogen and oxygen atoms in total. The maximum absolute atomic E-state index is 10.9. The second-order valence-corrected chi connectivity index (χ2v) is 3.52. The molecule has 0 aliphatic carbocycles. The molecule has 0 spiro atoms. The number of hydrogen-bond donors (Lipinski definition) is 1. The van der Waals surface area contributed by atoms with Crippen molar-refractivity contribution in [2.45, 2.75) is 26.2 Å². The van der Waals surface area contributed by atoms with E-state index in [0.29, 0.717) is 18.0 Å². The van der Waals surface area contributed by atoms with E-state index in [-0.39, 0.29) is 6.61 Å². The van der Waals surface area contributed by atoms with Gasteiger partial charge < -0.3 is 5.11 Å². The van der Waals surface area contributed by atoms with Crippen LogP contribution in [0.15, 0.2) is 0 Å². The van der Waals surface area contributed by atoms with Crippen molar-refractivity contribution in [2.75, 3.05) is 18.1 Å². The number of hydrogen-bond acceptors (Lipinski definition) is 3. The molecule has 0 aliphatic rings. The van der Waals surface area contributed by atoms with Gasteiger partial charge in [0.05, 0.1) is 5.75 Å². The van der Waals surface area contributed by atoms with Crippen molar-refractivity contribution >= 4 is 17.5 Å². The Bertz CT molecular complexity index is 104. The third kappa shape index (κ3) is 7.88. The lowest BCUT2D eigenvalue weighted by Gasteiger charge is -1.97. The van der Waals surface area contributed by atoms with Crippen LogP contribution in [0.5, 0.6) is 0 Å². The van der Waals surface area contributed by atoms with Gasteiger partial charge in [-0.3, -0.25) is 4.79 Å². The van der Waals surface area contributed by atoms with E-state index in [2.05, 4.69) is 0 Å². The molecule has 0 aliphatic heterocycles. The van der Waals surface area contributed by atoms with E-state index in [1.165, 1.54) is 0 Å². The summed E-state index contributed by atoms with van der Waals surface area (Å²) in [6, 6.07) is 0. The Labute approximate surface area is 72.4 Å². The van der Waals surface area contributed by atoms with Gasteiger partial charge in [0, 0.05) is 13.0 Å². The van der Waals surface area contributed by atoms with E-state index in [0.717, 1.165) is 18.6 Å². The van der Waals surface area contributed by atoms with Gasteiger partial charge in [-0.15, -0.1) is 0 Å². The van der Waals surface area contributed by atoms with Crippen molar-refractivity contribution in [1.29, 1.82) is 0 Å². The minimum atomic E-state index is 0.231. The molecule has 0 unspecified atom stereocenters. The van der Waals surface area contributed by atoms with E-state index in [4.69, 9.17) is 5.11 Å². The quantitative estimate of drug-likeness (QED) is 0.597. The first-order chi connectivity index (χ1) is 5.31. The monoisotopic (exact) mass is 176 g/mol. The predicted octanol–water partition coefficient (Wildman–Crippen LogP) is 1.47. The Morgan fingerprint density at radius 1 is 1.55 bits per heavy atom. The summed E-state index contributed by atoms with van der Waals surface area (Å²) in [7, 11) is 0. The largest absolute Gasteiger partial charge is 0.396 e. The van der Waals surface area contributed by atoms with Crippen molar-refractivity contribution in [3.63, 3.8) is 0 Å². The SMILES string of the molecule is CCCC(=O)CSCCCO. The molecular weight excluding hydrogens is 160 g/mol. The lowest BCUT2D eigenvalue weighted by molar-refractivity contribution is -0.116. The molecule has 0 saturated carbocycles. The average Bonchev–Trinajstić information content (AvgIpc) is 1.99. The maximum atomic E-state index is 10.9. The fourth-order valence-electron chi connectivity index (χ4n) is 0.704. The van der Waals surface area contributed by atoms with Crippen LogP contribution in [0.1, 0.15) is 26.2 Å². The molecule has 0 heterocycles. The van der Waals surface area contributed by atoms with Gasteiger partial charge in [-0.05, 0) is 18.6 Å². The number of aliphatic hydroxyl groups is 1. The van der Waals surface area contributed by atoms with E-state index in [1.54, 1.807) is 11.8 Å². The summed E-state index contributed by atoms with van der Waals surface area (Å²) in [6.45, 7) is 2.24. The molecule has 0 aromatic carbocycles. The highest BCUT2D eigenvalue weighted by molar-refractivity contribution is 7.99. The zero-order chi connectivity index (χ0) is 8.53. The molecule has 0 atom stereocenters. The topological polar surface area (TPSA) is 37.3 Å². The molecule has 11 heavy (non-hydrogen) atoms. The van der Waals surface area contributed by atoms with E-state index < -0.39 is 0 Å². The van der Waals surface area contributed by atoms with Gasteiger partial charge in [0.2, 0.25) is 0 Å². The summed E-state index contributed by atoms with van der Waals surface area (Å²) >= 11 is 1.62. The molecule has 0 fully saturated rings. The van der Waals surface area contributed by atoms with Crippen LogP contribution in [0.3, 0.4) is 0 Å². The van der Waals surface area contributed by atoms with Crippen molar-refractivity contribution < 1.29 is 9.90 Å². The van der Waals surface area contributed by atoms with Crippen molar-refractivity contribution in [3.8, 4) is 0 Å². The molecular formula is C8H16O2S. The van der Waals surface area contributed by atoms with Gasteiger partial charge in [-0.2, -0.15) is 11.8 Å². The highest BCUT2D eigenvalue weighted by Gasteiger charge is 1.98. The van der Waals surface area contributed by atoms with Gasteiger partial charge in [-0.25, -0.2) is 0 Å². The van der Waals surface area contributed by atoms with Crippen molar-refractivity contribution in [3.05, 3.63) is 0 Å². The third-order valence-electron chi connectivity index (χ3n) is 1.24. The fourth-order valence-corrected chi connectivity index (χ4v) is 1.55. The summed E-state index contributed by atoms with van der Waals surface area (Å²) in [6.07, 6.45) is 2.44. The Balaban J connectivity index is 3.04. The number of rotatable bonds is 7. The number of carbonyl (C=O) groups is 1. The Morgan fingerprint density at radius 2 is 2.27 bits per heavy atom. The zero-order valence-corrected chi connectivity index (χ0v) is 7.82. The minimum absolute atomic E-state index is 0.231. The lowest BCUT2D eigenvalue weighted by Crippen LogP contribution is -2.01. The summed E-state index contributed by atoms with van der Waals surface area (Å²) < 4.78 is 0. The molecule has 3 heteroatoms. The van der Waals surface area contributed by atoms with Crippen LogP contribution < -0.4 is 0 Å². The van der Waals surface area contributed by atoms with E-state index in [1.807, 2.05) is 6.92 Å². The van der Waals surface area contributed by atoms with E-state index >= 15 is 0 Å². The van der Waals surface area contributed by atoms with E-state index in [9.17, 15) is 4.79 Å². The number of Topliss-reactive ketones (excluding diaryl/α,β-unsaturated/α-hetero) is 1. The average molecular weight is 176 g/mol. The third-order valence-corrected chi connectivity index (χ3v) is 2.34. The van der Waals surface area contributed by atoms with Crippen LogP contribution in [0, 0.1) is 0 Å². The Morgan fingerprint density at radius 3 is 2.82 bits per heavy atom. The summed E-state index contributed by atoms with van der Waals surface area (Å²) in [4.78, 5) is 10.9. The molecule has 0 radical (unpaired) electrons. The molecule has 0 amide bonds. The first-order valence-corrected chi connectivity index (χ1v) is 5.17. The highest BCUT2D eigenvalue weighted by atomic mass is 32.2. The second-order valence-electron chi connectivity index (χ2n) is 2.42. The molecule has 0 bridgehead atoms. The minimum Gasteiger partial charge on any atom is -0.396 e. The molecule has 0 rings (SSSR count). The number of ketones is 1. The van der Waals surface area contributed by atoms with Gasteiger partial charge in [0.15, 0.2) is 0 Å². The number of carbonyl (C=O) groups excluding carboxylic acids is 1. The fraction of sp³-hybridized carbons (Fsp3) is 0.875. The van der Waals surface area contributed by atoms with Gasteiger partial charge in [0.25, 0.3) is 0 Å². The van der Waals surface area contributed by atoms with Crippen LogP contribution in [-0.2, 0) is 4.79 Å². The molecule has 0 saturated heterocycles. The first kappa shape index (κ1) is 11.0. The maximum Gasteiger partial charge on any atom is 0.142 e. The van der Waals surface area contributed by atoms with Crippen LogP contribution in [0.25, 0.3) is 0 Å². The predicted molar refractivity (Wildman–Crippen MR) is 48.9 cm³/mol. The highest BCUT2D eigenvalue weighted by Crippen LogP contribution is 2.04. The number of thioether (sulfide) groups is 1. The molecule has 0 aromatic rings. The normalized spacial score (nSPS) is 10.0. The molecule has 66 valence electrons. The van der Waals surface area contributed by atoms with Crippen molar-refractivity contribution in [1.82, 2.24) is 0 Å². The smallest absolute Gasteiger partial charge is 0.142 e. The second kappa shape index (κ2) is 8.08. The van der Waals surface area contributed by atoms with Crippen LogP contribution >= 0.6 is 11.8 Å². The van der Waals surface area contributed by atoms with Crippen LogP contribution in [0.4, 0.5) is 0 Å². The molecule has 0 aromatic heterocycles. The van der Waals surface area contributed by atoms with Gasteiger partial charge in [-0.1, -0.05) is 6.92 Å². The summed E-state index contributed by atoms with van der Waals surface area (Å²) in [5.74, 6) is 1.84. The number of aliphatic hydroxyl groups excluding tert-OH is 1.